The number of hydrogen-bond donors (Lipinski definition) is 2. The van der Waals surface area contributed by atoms with Crippen molar-refractivity contribution in [2.45, 2.75) is 13.3 Å². The first kappa shape index (κ1) is 19.7. The number of para-hydroxylation sites is 1. The maximum atomic E-state index is 12.8. The van der Waals surface area contributed by atoms with Crippen molar-refractivity contribution in [1.82, 2.24) is 14.9 Å². The maximum Gasteiger partial charge on any atom is 0.269 e. The normalized spacial score (nSPS) is 16.2. The van der Waals surface area contributed by atoms with Crippen LogP contribution in [-0.4, -0.2) is 35.1 Å². The summed E-state index contributed by atoms with van der Waals surface area (Å²) >= 11 is 11.5. The van der Waals surface area contributed by atoms with Crippen molar-refractivity contribution in [3.8, 4) is 5.69 Å². The van der Waals surface area contributed by atoms with Crippen molar-refractivity contribution in [3.63, 3.8) is 0 Å². The van der Waals surface area contributed by atoms with Gasteiger partial charge in [-0.3, -0.25) is 9.36 Å². The number of carbonyl (C=O) groups excluding carboxylic acids is 1. The quantitative estimate of drug-likeness (QED) is 0.578. The molecule has 0 radical (unpaired) electrons. The molecule has 7 heteroatoms. The number of benzene rings is 2. The van der Waals surface area contributed by atoms with Crippen molar-refractivity contribution in [2.24, 2.45) is 5.92 Å². The van der Waals surface area contributed by atoms with Crippen LogP contribution in [0, 0.1) is 17.6 Å². The lowest BCUT2D eigenvalue weighted by Gasteiger charge is -2.21. The molecule has 1 amide bonds. The van der Waals surface area contributed by atoms with Gasteiger partial charge in [0.15, 0.2) is 4.77 Å². The fourth-order valence-electron chi connectivity index (χ4n) is 3.84. The number of imidazole rings is 1. The van der Waals surface area contributed by atoms with Crippen LogP contribution < -0.4 is 10.2 Å². The molecule has 4 rings (SSSR count). The number of carbonyl (C=O) groups is 1. The molecule has 0 saturated carbocycles. The van der Waals surface area contributed by atoms with Gasteiger partial charge in [0.2, 0.25) is 0 Å². The van der Waals surface area contributed by atoms with E-state index in [1.165, 1.54) is 11.3 Å². The molecule has 150 valence electrons. The Kier molecular flexibility index (Phi) is 5.74. The Morgan fingerprint density at radius 2 is 2.07 bits per heavy atom. The maximum absolute atomic E-state index is 12.8. The molecular formula is C22H23ClN4OS. The van der Waals surface area contributed by atoms with Crippen LogP contribution in [0.3, 0.4) is 0 Å². The molecule has 1 atom stereocenters. The van der Waals surface area contributed by atoms with Crippen molar-refractivity contribution in [1.29, 1.82) is 0 Å². The van der Waals surface area contributed by atoms with Crippen molar-refractivity contribution >= 4 is 35.4 Å². The number of aryl methyl sites for hydroxylation is 1. The highest BCUT2D eigenvalue weighted by atomic mass is 35.5. The molecule has 0 bridgehead atoms. The topological polar surface area (TPSA) is 53.1 Å². The molecule has 1 saturated heterocycles. The lowest BCUT2D eigenvalue weighted by Crippen LogP contribution is -2.32. The van der Waals surface area contributed by atoms with Gasteiger partial charge >= 0.3 is 0 Å². The van der Waals surface area contributed by atoms with E-state index in [1.54, 1.807) is 10.8 Å². The summed E-state index contributed by atoms with van der Waals surface area (Å²) in [6.07, 6.45) is 2.70. The molecule has 5 nitrogen and oxygen atoms in total. The zero-order valence-electron chi connectivity index (χ0n) is 16.2. The molecule has 2 aromatic carbocycles. The number of rotatable bonds is 5. The SMILES string of the molecule is Cc1ccc(Cl)cc1N1CCC(CNC(=O)c2c[nH]c(=S)n2-c2ccccc2)C1. The zero-order valence-corrected chi connectivity index (χ0v) is 17.8. The van der Waals surface area contributed by atoms with Gasteiger partial charge in [0.25, 0.3) is 5.91 Å². The molecule has 3 aromatic rings. The molecule has 0 spiro atoms. The summed E-state index contributed by atoms with van der Waals surface area (Å²) in [5.41, 5.74) is 3.78. The van der Waals surface area contributed by atoms with Gasteiger partial charge in [0.1, 0.15) is 5.69 Å². The van der Waals surface area contributed by atoms with Gasteiger partial charge in [-0.1, -0.05) is 35.9 Å². The number of halogens is 1. The fraction of sp³-hybridized carbons (Fsp3) is 0.273. The van der Waals surface area contributed by atoms with Crippen LogP contribution in [0.4, 0.5) is 5.69 Å². The standard InChI is InChI=1S/C22H23ClN4OS/c1-15-7-8-17(23)11-19(15)26-10-9-16(14-26)12-24-21(28)20-13-25-22(29)27(20)18-5-3-2-4-6-18/h2-8,11,13,16H,9-10,12,14H2,1H3,(H,24,28)(H,25,29). The molecule has 1 fully saturated rings. The van der Waals surface area contributed by atoms with Crippen LogP contribution in [0.1, 0.15) is 22.5 Å². The average molecular weight is 427 g/mol. The minimum atomic E-state index is -0.126. The van der Waals surface area contributed by atoms with E-state index in [2.05, 4.69) is 22.1 Å². The molecule has 2 heterocycles. The number of nitrogens with zero attached hydrogens (tertiary/aromatic N) is 2. The van der Waals surface area contributed by atoms with E-state index < -0.39 is 0 Å². The number of H-pyrrole nitrogens is 1. The van der Waals surface area contributed by atoms with Crippen LogP contribution in [0.25, 0.3) is 5.69 Å². The Labute approximate surface area is 180 Å². The third-order valence-corrected chi connectivity index (χ3v) is 5.91. The van der Waals surface area contributed by atoms with E-state index in [0.717, 1.165) is 30.2 Å². The first-order valence-electron chi connectivity index (χ1n) is 9.68. The van der Waals surface area contributed by atoms with Gasteiger partial charge in [-0.05, 0) is 61.3 Å². The average Bonchev–Trinajstić information content (AvgIpc) is 3.35. The Balaban J connectivity index is 1.41. The van der Waals surface area contributed by atoms with Crippen molar-refractivity contribution in [2.75, 3.05) is 24.5 Å². The van der Waals surface area contributed by atoms with Gasteiger partial charge in [-0.25, -0.2) is 0 Å². The molecular weight excluding hydrogens is 404 g/mol. The minimum absolute atomic E-state index is 0.126. The highest BCUT2D eigenvalue weighted by molar-refractivity contribution is 7.71. The largest absolute Gasteiger partial charge is 0.371 e. The summed E-state index contributed by atoms with van der Waals surface area (Å²) < 4.78 is 2.27. The molecule has 0 aliphatic carbocycles. The highest BCUT2D eigenvalue weighted by Crippen LogP contribution is 2.29. The Bertz CT molecular complexity index is 1080. The Hall–Kier alpha value is -2.57. The number of aromatic amines is 1. The summed E-state index contributed by atoms with van der Waals surface area (Å²) in [6.45, 7) is 4.59. The van der Waals surface area contributed by atoms with E-state index in [-0.39, 0.29) is 5.91 Å². The minimum Gasteiger partial charge on any atom is -0.371 e. The van der Waals surface area contributed by atoms with E-state index in [1.807, 2.05) is 48.5 Å². The van der Waals surface area contributed by atoms with Crippen LogP contribution in [0.2, 0.25) is 5.02 Å². The van der Waals surface area contributed by atoms with Crippen LogP contribution in [0.5, 0.6) is 0 Å². The molecule has 1 aliphatic rings. The molecule has 1 aliphatic heterocycles. The second kappa shape index (κ2) is 8.43. The summed E-state index contributed by atoms with van der Waals surface area (Å²) in [5, 5.41) is 3.83. The molecule has 2 N–H and O–H groups in total. The monoisotopic (exact) mass is 426 g/mol. The van der Waals surface area contributed by atoms with E-state index in [9.17, 15) is 4.79 Å². The summed E-state index contributed by atoms with van der Waals surface area (Å²) in [7, 11) is 0. The fourth-order valence-corrected chi connectivity index (χ4v) is 4.27. The third kappa shape index (κ3) is 4.23. The Morgan fingerprint density at radius 1 is 1.28 bits per heavy atom. The molecule has 29 heavy (non-hydrogen) atoms. The first-order valence-corrected chi connectivity index (χ1v) is 10.5. The van der Waals surface area contributed by atoms with Crippen LogP contribution in [-0.2, 0) is 0 Å². The second-order valence-corrected chi connectivity index (χ2v) is 8.21. The van der Waals surface area contributed by atoms with Gasteiger partial charge in [-0.2, -0.15) is 0 Å². The smallest absolute Gasteiger partial charge is 0.269 e. The summed E-state index contributed by atoms with van der Waals surface area (Å²) in [5.74, 6) is 0.267. The van der Waals surface area contributed by atoms with Crippen LogP contribution >= 0.6 is 23.8 Å². The molecule has 1 aromatic heterocycles. The van der Waals surface area contributed by atoms with E-state index >= 15 is 0 Å². The van der Waals surface area contributed by atoms with E-state index in [4.69, 9.17) is 23.8 Å². The van der Waals surface area contributed by atoms with Crippen molar-refractivity contribution in [3.05, 3.63) is 75.8 Å². The second-order valence-electron chi connectivity index (χ2n) is 7.39. The summed E-state index contributed by atoms with van der Waals surface area (Å²) in [6, 6.07) is 15.6. The van der Waals surface area contributed by atoms with Gasteiger partial charge in [0.05, 0.1) is 0 Å². The molecule has 1 unspecified atom stereocenters. The summed E-state index contributed by atoms with van der Waals surface area (Å²) in [4.78, 5) is 18.2. The lowest BCUT2D eigenvalue weighted by atomic mass is 10.1. The number of nitrogens with one attached hydrogen (secondary N) is 2. The van der Waals surface area contributed by atoms with Gasteiger partial charge in [-0.15, -0.1) is 0 Å². The first-order chi connectivity index (χ1) is 14.0. The lowest BCUT2D eigenvalue weighted by molar-refractivity contribution is 0.0941. The Morgan fingerprint density at radius 3 is 2.86 bits per heavy atom. The van der Waals surface area contributed by atoms with E-state index in [0.29, 0.717) is 22.9 Å². The predicted octanol–water partition coefficient (Wildman–Crippen LogP) is 4.75. The highest BCUT2D eigenvalue weighted by Gasteiger charge is 2.25. The number of aromatic nitrogens is 2. The number of amides is 1. The van der Waals surface area contributed by atoms with Crippen molar-refractivity contribution < 1.29 is 4.79 Å². The van der Waals surface area contributed by atoms with Gasteiger partial charge < -0.3 is 15.2 Å². The zero-order chi connectivity index (χ0) is 20.4. The number of anilines is 1. The van der Waals surface area contributed by atoms with Crippen LogP contribution in [0.15, 0.2) is 54.7 Å². The third-order valence-electron chi connectivity index (χ3n) is 5.37. The van der Waals surface area contributed by atoms with Gasteiger partial charge in [0, 0.05) is 42.2 Å². The number of hydrogen-bond acceptors (Lipinski definition) is 3. The predicted molar refractivity (Wildman–Crippen MR) is 120 cm³/mol.